The molecular weight excluding hydrogens is 218 g/mol. The number of carbonyl (C=O) groups is 1. The van der Waals surface area contributed by atoms with Crippen molar-refractivity contribution in [3.8, 4) is 11.5 Å². The van der Waals surface area contributed by atoms with Crippen molar-refractivity contribution >= 4 is 5.91 Å². The summed E-state index contributed by atoms with van der Waals surface area (Å²) in [5.74, 6) is 1.77. The molecule has 0 aliphatic rings. The Kier molecular flexibility index (Phi) is 5.33. The van der Waals surface area contributed by atoms with Crippen LogP contribution in [-0.2, 0) is 4.79 Å². The van der Waals surface area contributed by atoms with E-state index in [0.717, 1.165) is 5.75 Å². The molecule has 1 aromatic carbocycles. The minimum absolute atomic E-state index is 0.0407. The molecule has 94 valence electrons. The molecule has 0 radical (unpaired) electrons. The fraction of sp³-hybridized carbons (Fsp3) is 0.462. The molecule has 0 aromatic heterocycles. The molecule has 0 aliphatic carbocycles. The van der Waals surface area contributed by atoms with E-state index in [-0.39, 0.29) is 12.5 Å². The van der Waals surface area contributed by atoms with E-state index in [1.165, 1.54) is 0 Å². The van der Waals surface area contributed by atoms with E-state index in [2.05, 4.69) is 5.32 Å². The summed E-state index contributed by atoms with van der Waals surface area (Å²) in [6, 6.07) is 7.13. The van der Waals surface area contributed by atoms with Crippen LogP contribution in [0.15, 0.2) is 24.3 Å². The van der Waals surface area contributed by atoms with Gasteiger partial charge in [-0.05, 0) is 30.2 Å². The lowest BCUT2D eigenvalue weighted by molar-refractivity contribution is -0.123. The Bertz CT molecular complexity index is 346. The first-order valence-corrected chi connectivity index (χ1v) is 5.65. The number of ether oxygens (including phenoxy) is 2. The lowest BCUT2D eigenvalue weighted by Crippen LogP contribution is -2.31. The highest BCUT2D eigenvalue weighted by Gasteiger charge is 2.03. The number of nitrogens with one attached hydrogen (secondary N) is 1. The van der Waals surface area contributed by atoms with Gasteiger partial charge in [-0.25, -0.2) is 0 Å². The molecule has 0 saturated carbocycles. The van der Waals surface area contributed by atoms with Gasteiger partial charge in [-0.1, -0.05) is 13.8 Å². The predicted octanol–water partition coefficient (Wildman–Crippen LogP) is 1.85. The first-order valence-electron chi connectivity index (χ1n) is 5.65. The predicted molar refractivity (Wildman–Crippen MR) is 66.3 cm³/mol. The van der Waals surface area contributed by atoms with E-state index in [9.17, 15) is 4.79 Å². The van der Waals surface area contributed by atoms with Gasteiger partial charge in [-0.2, -0.15) is 0 Å². The molecule has 4 heteroatoms. The second-order valence-electron chi connectivity index (χ2n) is 4.16. The SMILES string of the molecule is COc1ccc(OCC(=O)NCC(C)C)cc1. The average Bonchev–Trinajstić information content (AvgIpc) is 2.34. The molecular formula is C13H19NO3. The molecule has 0 spiro atoms. The number of carbonyl (C=O) groups excluding carboxylic acids is 1. The maximum atomic E-state index is 11.4. The van der Waals surface area contributed by atoms with E-state index < -0.39 is 0 Å². The summed E-state index contributed by atoms with van der Waals surface area (Å²) in [7, 11) is 1.61. The van der Waals surface area contributed by atoms with Crippen LogP contribution in [0.4, 0.5) is 0 Å². The Morgan fingerprint density at radius 1 is 1.24 bits per heavy atom. The molecule has 0 atom stereocenters. The van der Waals surface area contributed by atoms with E-state index in [1.807, 2.05) is 13.8 Å². The lowest BCUT2D eigenvalue weighted by Gasteiger charge is -2.09. The van der Waals surface area contributed by atoms with Crippen LogP contribution >= 0.6 is 0 Å². The fourth-order valence-corrected chi connectivity index (χ4v) is 1.19. The molecule has 0 fully saturated rings. The number of hydrogen-bond donors (Lipinski definition) is 1. The maximum Gasteiger partial charge on any atom is 0.257 e. The van der Waals surface area contributed by atoms with Gasteiger partial charge in [0, 0.05) is 6.54 Å². The Morgan fingerprint density at radius 2 is 1.82 bits per heavy atom. The average molecular weight is 237 g/mol. The van der Waals surface area contributed by atoms with Crippen molar-refractivity contribution in [3.63, 3.8) is 0 Å². The third kappa shape index (κ3) is 5.24. The first-order chi connectivity index (χ1) is 8.11. The van der Waals surface area contributed by atoms with Gasteiger partial charge in [0.15, 0.2) is 6.61 Å². The number of hydrogen-bond acceptors (Lipinski definition) is 3. The second-order valence-corrected chi connectivity index (χ2v) is 4.16. The molecule has 1 amide bonds. The number of rotatable bonds is 6. The summed E-state index contributed by atoms with van der Waals surface area (Å²) in [5.41, 5.74) is 0. The van der Waals surface area contributed by atoms with E-state index in [0.29, 0.717) is 18.2 Å². The Morgan fingerprint density at radius 3 is 2.35 bits per heavy atom. The van der Waals surface area contributed by atoms with Crippen molar-refractivity contribution < 1.29 is 14.3 Å². The molecule has 0 unspecified atom stereocenters. The zero-order valence-electron chi connectivity index (χ0n) is 10.5. The summed E-state index contributed by atoms with van der Waals surface area (Å²) in [6.45, 7) is 4.80. The highest BCUT2D eigenvalue weighted by atomic mass is 16.5. The van der Waals surface area contributed by atoms with Crippen LogP contribution in [0.3, 0.4) is 0 Å². The van der Waals surface area contributed by atoms with E-state index in [1.54, 1.807) is 31.4 Å². The largest absolute Gasteiger partial charge is 0.497 e. The third-order valence-electron chi connectivity index (χ3n) is 2.14. The van der Waals surface area contributed by atoms with Gasteiger partial charge >= 0.3 is 0 Å². The first kappa shape index (κ1) is 13.4. The van der Waals surface area contributed by atoms with Gasteiger partial charge < -0.3 is 14.8 Å². The maximum absolute atomic E-state index is 11.4. The third-order valence-corrected chi connectivity index (χ3v) is 2.14. The highest BCUT2D eigenvalue weighted by molar-refractivity contribution is 5.77. The molecule has 0 saturated heterocycles. The van der Waals surface area contributed by atoms with Crippen molar-refractivity contribution in [3.05, 3.63) is 24.3 Å². The van der Waals surface area contributed by atoms with Crippen LogP contribution < -0.4 is 14.8 Å². The highest BCUT2D eigenvalue weighted by Crippen LogP contribution is 2.16. The van der Waals surface area contributed by atoms with Crippen LogP contribution in [0.25, 0.3) is 0 Å². The number of methoxy groups -OCH3 is 1. The summed E-state index contributed by atoms with van der Waals surface area (Å²) in [6.07, 6.45) is 0. The molecule has 17 heavy (non-hydrogen) atoms. The summed E-state index contributed by atoms with van der Waals surface area (Å²) in [4.78, 5) is 11.4. The molecule has 4 nitrogen and oxygen atoms in total. The smallest absolute Gasteiger partial charge is 0.257 e. The van der Waals surface area contributed by atoms with Crippen molar-refractivity contribution in [2.24, 2.45) is 5.92 Å². The van der Waals surface area contributed by atoms with Crippen molar-refractivity contribution in [1.29, 1.82) is 0 Å². The number of amides is 1. The summed E-state index contributed by atoms with van der Waals surface area (Å²) < 4.78 is 10.4. The lowest BCUT2D eigenvalue weighted by atomic mass is 10.2. The Labute approximate surface area is 102 Å². The molecule has 0 aliphatic heterocycles. The zero-order valence-corrected chi connectivity index (χ0v) is 10.5. The number of benzene rings is 1. The topological polar surface area (TPSA) is 47.6 Å². The van der Waals surface area contributed by atoms with Gasteiger partial charge in [0.05, 0.1) is 7.11 Å². The van der Waals surface area contributed by atoms with Gasteiger partial charge in [0.25, 0.3) is 5.91 Å². The monoisotopic (exact) mass is 237 g/mol. The van der Waals surface area contributed by atoms with Gasteiger partial charge in [-0.15, -0.1) is 0 Å². The quantitative estimate of drug-likeness (QED) is 0.821. The van der Waals surface area contributed by atoms with Gasteiger partial charge in [-0.3, -0.25) is 4.79 Å². The van der Waals surface area contributed by atoms with Gasteiger partial charge in [0.2, 0.25) is 0 Å². The molecule has 1 N–H and O–H groups in total. The molecule has 1 rings (SSSR count). The standard InChI is InChI=1S/C13H19NO3/c1-10(2)8-14-13(15)9-17-12-6-4-11(16-3)5-7-12/h4-7,10H,8-9H2,1-3H3,(H,14,15). The van der Waals surface area contributed by atoms with Crippen molar-refractivity contribution in [2.45, 2.75) is 13.8 Å². The fourth-order valence-electron chi connectivity index (χ4n) is 1.19. The van der Waals surface area contributed by atoms with Gasteiger partial charge in [0.1, 0.15) is 11.5 Å². The van der Waals surface area contributed by atoms with Crippen LogP contribution in [0.1, 0.15) is 13.8 Å². The molecule has 0 bridgehead atoms. The minimum Gasteiger partial charge on any atom is -0.497 e. The summed E-state index contributed by atoms with van der Waals surface area (Å²) in [5, 5.41) is 2.79. The Balaban J connectivity index is 2.31. The minimum atomic E-state index is -0.102. The van der Waals surface area contributed by atoms with Crippen molar-refractivity contribution in [2.75, 3.05) is 20.3 Å². The van der Waals surface area contributed by atoms with Crippen LogP contribution in [0.5, 0.6) is 11.5 Å². The van der Waals surface area contributed by atoms with E-state index in [4.69, 9.17) is 9.47 Å². The Hall–Kier alpha value is -1.71. The van der Waals surface area contributed by atoms with Crippen LogP contribution in [0.2, 0.25) is 0 Å². The van der Waals surface area contributed by atoms with Crippen LogP contribution in [-0.4, -0.2) is 26.2 Å². The second kappa shape index (κ2) is 6.78. The normalized spacial score (nSPS) is 10.1. The van der Waals surface area contributed by atoms with Crippen molar-refractivity contribution in [1.82, 2.24) is 5.32 Å². The molecule has 0 heterocycles. The zero-order chi connectivity index (χ0) is 12.7. The summed E-state index contributed by atoms with van der Waals surface area (Å²) >= 11 is 0. The van der Waals surface area contributed by atoms with Crippen LogP contribution in [0, 0.1) is 5.92 Å². The molecule has 1 aromatic rings. The van der Waals surface area contributed by atoms with E-state index >= 15 is 0 Å².